The first-order valence-corrected chi connectivity index (χ1v) is 6.90. The Labute approximate surface area is 112 Å². The third-order valence-corrected chi connectivity index (χ3v) is 4.98. The summed E-state index contributed by atoms with van der Waals surface area (Å²) in [6.45, 7) is 17.2. The second kappa shape index (κ2) is 5.05. The Balaban J connectivity index is 3.52. The van der Waals surface area contributed by atoms with Crippen molar-refractivity contribution in [2.24, 2.45) is 5.41 Å². The normalized spacial score (nSPS) is 13.8. The second-order valence-electron chi connectivity index (χ2n) is 6.28. The van der Waals surface area contributed by atoms with Gasteiger partial charge in [0.1, 0.15) is 0 Å². The van der Waals surface area contributed by atoms with E-state index in [1.807, 2.05) is 0 Å². The van der Waals surface area contributed by atoms with Crippen LogP contribution in [0.3, 0.4) is 0 Å². The van der Waals surface area contributed by atoms with Crippen LogP contribution in [-0.2, 0) is 0 Å². The lowest BCUT2D eigenvalue weighted by atomic mass is 9.76. The van der Waals surface area contributed by atoms with Crippen LogP contribution in [0.1, 0.15) is 66.7 Å². The van der Waals surface area contributed by atoms with E-state index in [4.69, 9.17) is 0 Å². The zero-order valence-electron chi connectivity index (χ0n) is 13.2. The topological polar surface area (TPSA) is 20.2 Å². The fourth-order valence-corrected chi connectivity index (χ4v) is 2.52. The molecule has 1 atom stereocenters. The molecular formula is C17H28O. The highest BCUT2D eigenvalue weighted by atomic mass is 16.3. The van der Waals surface area contributed by atoms with Gasteiger partial charge in [-0.1, -0.05) is 20.8 Å². The van der Waals surface area contributed by atoms with Crippen molar-refractivity contribution in [3.05, 3.63) is 33.4 Å². The first-order valence-electron chi connectivity index (χ1n) is 6.90. The van der Waals surface area contributed by atoms with E-state index in [-0.39, 0.29) is 11.5 Å². The maximum atomic E-state index is 10.7. The van der Waals surface area contributed by atoms with Crippen molar-refractivity contribution in [2.45, 2.75) is 67.9 Å². The minimum atomic E-state index is -0.388. The summed E-state index contributed by atoms with van der Waals surface area (Å²) in [6, 6.07) is 0. The number of hydrogen-bond acceptors (Lipinski definition) is 1. The van der Waals surface area contributed by atoms with E-state index in [9.17, 15) is 5.11 Å². The Hall–Kier alpha value is -0.820. The Kier molecular flexibility index (Phi) is 4.27. The van der Waals surface area contributed by atoms with Gasteiger partial charge in [-0.15, -0.1) is 0 Å². The van der Waals surface area contributed by atoms with Crippen molar-refractivity contribution < 1.29 is 5.11 Å². The van der Waals surface area contributed by atoms with Crippen LogP contribution in [0.25, 0.3) is 0 Å². The van der Waals surface area contributed by atoms with Gasteiger partial charge in [0.15, 0.2) is 0 Å². The molecule has 0 aliphatic carbocycles. The molecule has 0 aromatic heterocycles. The quantitative estimate of drug-likeness (QED) is 0.822. The minimum Gasteiger partial charge on any atom is -0.388 e. The predicted octanol–water partition coefficient (Wildman–Crippen LogP) is 4.70. The van der Waals surface area contributed by atoms with Gasteiger partial charge < -0.3 is 5.11 Å². The highest BCUT2D eigenvalue weighted by Gasteiger charge is 2.30. The van der Waals surface area contributed by atoms with Crippen LogP contribution in [0.5, 0.6) is 0 Å². The third-order valence-electron chi connectivity index (χ3n) is 4.98. The van der Waals surface area contributed by atoms with E-state index in [1.54, 1.807) is 0 Å². The van der Waals surface area contributed by atoms with Gasteiger partial charge in [-0.25, -0.2) is 0 Å². The summed E-state index contributed by atoms with van der Waals surface area (Å²) in [5, 5.41) is 10.7. The highest BCUT2D eigenvalue weighted by Crippen LogP contribution is 2.41. The predicted molar refractivity (Wildman–Crippen MR) is 79.2 cm³/mol. The molecule has 1 rings (SSSR count). The van der Waals surface area contributed by atoms with E-state index >= 15 is 0 Å². The van der Waals surface area contributed by atoms with Crippen molar-refractivity contribution in [3.8, 4) is 0 Å². The Morgan fingerprint density at radius 2 is 1.17 bits per heavy atom. The van der Waals surface area contributed by atoms with Crippen molar-refractivity contribution in [2.75, 3.05) is 0 Å². The van der Waals surface area contributed by atoms with E-state index in [0.717, 1.165) is 12.0 Å². The van der Waals surface area contributed by atoms with Crippen molar-refractivity contribution in [3.63, 3.8) is 0 Å². The van der Waals surface area contributed by atoms with Crippen LogP contribution in [0, 0.1) is 40.0 Å². The molecule has 1 N–H and O–H groups in total. The molecule has 102 valence electrons. The molecule has 0 fully saturated rings. The molecular weight excluding hydrogens is 220 g/mol. The Bertz CT molecular complexity index is 426. The number of aliphatic hydroxyl groups excluding tert-OH is 1. The molecule has 1 nitrogen and oxygen atoms in total. The van der Waals surface area contributed by atoms with Crippen molar-refractivity contribution in [1.29, 1.82) is 0 Å². The lowest BCUT2D eigenvalue weighted by Crippen LogP contribution is -2.23. The summed E-state index contributed by atoms with van der Waals surface area (Å²) in [5.74, 6) is 0. The summed E-state index contributed by atoms with van der Waals surface area (Å²) in [7, 11) is 0. The number of benzene rings is 1. The van der Waals surface area contributed by atoms with Gasteiger partial charge in [-0.3, -0.25) is 0 Å². The van der Waals surface area contributed by atoms with Gasteiger partial charge >= 0.3 is 0 Å². The number of rotatable bonds is 3. The second-order valence-corrected chi connectivity index (χ2v) is 6.28. The van der Waals surface area contributed by atoms with Gasteiger partial charge in [0.05, 0.1) is 6.10 Å². The molecule has 0 saturated heterocycles. The molecule has 1 aromatic carbocycles. The third kappa shape index (κ3) is 2.33. The maximum Gasteiger partial charge on any atom is 0.0846 e. The summed E-state index contributed by atoms with van der Waals surface area (Å²) in [4.78, 5) is 0. The van der Waals surface area contributed by atoms with Crippen LogP contribution in [0.2, 0.25) is 0 Å². The maximum absolute atomic E-state index is 10.7. The largest absolute Gasteiger partial charge is 0.388 e. The Morgan fingerprint density at radius 3 is 1.50 bits per heavy atom. The van der Waals surface area contributed by atoms with Crippen molar-refractivity contribution >= 4 is 0 Å². The van der Waals surface area contributed by atoms with Crippen molar-refractivity contribution in [1.82, 2.24) is 0 Å². The molecule has 1 unspecified atom stereocenters. The molecule has 0 radical (unpaired) electrons. The average Bonchev–Trinajstić information content (AvgIpc) is 2.34. The highest BCUT2D eigenvalue weighted by molar-refractivity contribution is 5.50. The monoisotopic (exact) mass is 248 g/mol. The fourth-order valence-electron chi connectivity index (χ4n) is 2.52. The summed E-state index contributed by atoms with van der Waals surface area (Å²) < 4.78 is 0. The Morgan fingerprint density at radius 1 is 0.833 bits per heavy atom. The van der Waals surface area contributed by atoms with E-state index in [0.29, 0.717) is 0 Å². The molecule has 0 aliphatic rings. The van der Waals surface area contributed by atoms with Gasteiger partial charge in [0.25, 0.3) is 0 Å². The smallest absolute Gasteiger partial charge is 0.0846 e. The lowest BCUT2D eigenvalue weighted by Gasteiger charge is -2.33. The SMILES string of the molecule is CCC(C)(C)C(O)c1c(C)c(C)c(C)c(C)c1C. The molecule has 0 aliphatic heterocycles. The van der Waals surface area contributed by atoms with E-state index in [1.165, 1.54) is 27.8 Å². The van der Waals surface area contributed by atoms with Gasteiger partial charge in [-0.05, 0) is 79.8 Å². The zero-order chi connectivity index (χ0) is 14.2. The van der Waals surface area contributed by atoms with Crippen LogP contribution < -0.4 is 0 Å². The van der Waals surface area contributed by atoms with E-state index in [2.05, 4.69) is 55.4 Å². The molecule has 0 spiro atoms. The zero-order valence-corrected chi connectivity index (χ0v) is 13.2. The molecule has 18 heavy (non-hydrogen) atoms. The lowest BCUT2D eigenvalue weighted by molar-refractivity contribution is 0.0454. The van der Waals surface area contributed by atoms with Gasteiger partial charge in [0.2, 0.25) is 0 Å². The first-order chi connectivity index (χ1) is 8.15. The van der Waals surface area contributed by atoms with Crippen LogP contribution >= 0.6 is 0 Å². The fraction of sp³-hybridized carbons (Fsp3) is 0.647. The summed E-state index contributed by atoms with van der Waals surface area (Å²) in [5.41, 5.74) is 7.56. The summed E-state index contributed by atoms with van der Waals surface area (Å²) >= 11 is 0. The van der Waals surface area contributed by atoms with Gasteiger partial charge in [-0.2, -0.15) is 0 Å². The minimum absolute atomic E-state index is 0.0797. The molecule has 0 heterocycles. The first kappa shape index (κ1) is 15.2. The van der Waals surface area contributed by atoms with E-state index < -0.39 is 0 Å². The van der Waals surface area contributed by atoms with Crippen LogP contribution in [0.15, 0.2) is 0 Å². The molecule has 0 saturated carbocycles. The molecule has 0 amide bonds. The molecule has 1 aromatic rings. The number of hydrogen-bond donors (Lipinski definition) is 1. The average molecular weight is 248 g/mol. The summed E-state index contributed by atoms with van der Waals surface area (Å²) in [6.07, 6.45) is 0.583. The number of aliphatic hydroxyl groups is 1. The van der Waals surface area contributed by atoms with Gasteiger partial charge in [0, 0.05) is 0 Å². The van der Waals surface area contributed by atoms with Crippen LogP contribution in [-0.4, -0.2) is 5.11 Å². The standard InChI is InChI=1S/C17H28O/c1-9-17(7,8)16(18)15-13(5)11(3)10(2)12(4)14(15)6/h16,18H,9H2,1-8H3. The molecule has 1 heteroatoms. The van der Waals surface area contributed by atoms with Crippen LogP contribution in [0.4, 0.5) is 0 Å². The molecule has 0 bridgehead atoms.